The molecular formula is C22H33ClN4. The highest BCUT2D eigenvalue weighted by Gasteiger charge is 2.33. The van der Waals surface area contributed by atoms with Gasteiger partial charge in [0.15, 0.2) is 0 Å². The molecule has 0 bridgehead atoms. The zero-order valence-electron chi connectivity index (χ0n) is 16.4. The second-order valence-electron chi connectivity index (χ2n) is 8.26. The molecule has 1 aromatic heterocycles. The summed E-state index contributed by atoms with van der Waals surface area (Å²) in [6.07, 6.45) is 8.97. The van der Waals surface area contributed by atoms with Gasteiger partial charge in [0, 0.05) is 50.3 Å². The number of aromatic nitrogens is 2. The van der Waals surface area contributed by atoms with Crippen LogP contribution in [0.25, 0.3) is 0 Å². The summed E-state index contributed by atoms with van der Waals surface area (Å²) in [5.74, 6) is 1.76. The molecule has 0 amide bonds. The van der Waals surface area contributed by atoms with Crippen LogP contribution < -0.4 is 5.73 Å². The number of likely N-dealkylation sites (tertiary alicyclic amines) is 1. The van der Waals surface area contributed by atoms with Crippen molar-refractivity contribution in [2.45, 2.75) is 50.5 Å². The molecule has 0 radical (unpaired) electrons. The van der Waals surface area contributed by atoms with Crippen LogP contribution in [0.1, 0.15) is 60.8 Å². The molecular weight excluding hydrogens is 356 g/mol. The first-order chi connectivity index (χ1) is 12.7. The summed E-state index contributed by atoms with van der Waals surface area (Å²) in [7, 11) is 2.06. The third-order valence-electron chi connectivity index (χ3n) is 6.37. The molecule has 1 aromatic carbocycles. The highest BCUT2D eigenvalue weighted by Crippen LogP contribution is 2.36. The van der Waals surface area contributed by atoms with Crippen LogP contribution in [0.5, 0.6) is 0 Å². The number of benzene rings is 1. The third-order valence-corrected chi connectivity index (χ3v) is 6.37. The number of halogens is 1. The Balaban J connectivity index is 0.00000210. The molecule has 2 N–H and O–H groups in total. The quantitative estimate of drug-likeness (QED) is 0.839. The fourth-order valence-electron chi connectivity index (χ4n) is 5.04. The average molecular weight is 389 g/mol. The second-order valence-corrected chi connectivity index (χ2v) is 8.26. The zero-order valence-corrected chi connectivity index (χ0v) is 17.2. The van der Waals surface area contributed by atoms with Gasteiger partial charge in [-0.1, -0.05) is 49.6 Å². The number of rotatable bonds is 5. The summed E-state index contributed by atoms with van der Waals surface area (Å²) in [6.45, 7) is 3.97. The lowest BCUT2D eigenvalue weighted by atomic mass is 9.85. The average Bonchev–Trinajstić information content (AvgIpc) is 3.26. The van der Waals surface area contributed by atoms with E-state index in [1.807, 2.05) is 4.68 Å². The van der Waals surface area contributed by atoms with E-state index in [9.17, 15) is 0 Å². The monoisotopic (exact) mass is 388 g/mol. The van der Waals surface area contributed by atoms with Gasteiger partial charge in [-0.3, -0.25) is 9.58 Å². The lowest BCUT2D eigenvalue weighted by Crippen LogP contribution is -2.23. The Morgan fingerprint density at radius 3 is 2.52 bits per heavy atom. The Hall–Kier alpha value is -1.36. The first kappa shape index (κ1) is 20.4. The van der Waals surface area contributed by atoms with Crippen molar-refractivity contribution in [1.82, 2.24) is 14.7 Å². The molecule has 2 aliphatic rings. The van der Waals surface area contributed by atoms with Gasteiger partial charge in [0.25, 0.3) is 0 Å². The lowest BCUT2D eigenvalue weighted by Gasteiger charge is -2.22. The van der Waals surface area contributed by atoms with E-state index in [2.05, 4.69) is 48.5 Å². The van der Waals surface area contributed by atoms with E-state index in [4.69, 9.17) is 10.8 Å². The maximum atomic E-state index is 6.12. The maximum absolute atomic E-state index is 6.12. The predicted molar refractivity (Wildman–Crippen MR) is 113 cm³/mol. The second kappa shape index (κ2) is 9.22. The summed E-state index contributed by atoms with van der Waals surface area (Å²) in [5, 5.41) is 4.86. The Labute approximate surface area is 169 Å². The first-order valence-corrected chi connectivity index (χ1v) is 10.2. The van der Waals surface area contributed by atoms with Gasteiger partial charge in [0.2, 0.25) is 0 Å². The van der Waals surface area contributed by atoms with Crippen LogP contribution in [0.3, 0.4) is 0 Å². The fourth-order valence-corrected chi connectivity index (χ4v) is 5.04. The molecule has 5 heteroatoms. The number of hydrogen-bond acceptors (Lipinski definition) is 3. The number of nitrogens with two attached hydrogens (primary N) is 1. The first-order valence-electron chi connectivity index (χ1n) is 10.2. The SMILES string of the molecule is Cl.Cn1cc(CN2C[C@@H](CN)[C@H](c3ccccc3)C2)c(C2CCCCC2)n1. The summed E-state index contributed by atoms with van der Waals surface area (Å²) < 4.78 is 2.02. The van der Waals surface area contributed by atoms with E-state index in [1.165, 1.54) is 48.9 Å². The van der Waals surface area contributed by atoms with Crippen molar-refractivity contribution in [1.29, 1.82) is 0 Å². The van der Waals surface area contributed by atoms with Crippen molar-refractivity contribution in [2.24, 2.45) is 18.7 Å². The predicted octanol–water partition coefficient (Wildman–Crippen LogP) is 4.06. The van der Waals surface area contributed by atoms with E-state index < -0.39 is 0 Å². The maximum Gasteiger partial charge on any atom is 0.0700 e. The number of hydrogen-bond donors (Lipinski definition) is 1. The minimum absolute atomic E-state index is 0. The molecule has 4 rings (SSSR count). The van der Waals surface area contributed by atoms with Crippen molar-refractivity contribution in [3.63, 3.8) is 0 Å². The van der Waals surface area contributed by atoms with Gasteiger partial charge in [-0.25, -0.2) is 0 Å². The van der Waals surface area contributed by atoms with Crippen LogP contribution in [0.2, 0.25) is 0 Å². The minimum Gasteiger partial charge on any atom is -0.330 e. The Kier molecular flexibility index (Phi) is 6.96. The van der Waals surface area contributed by atoms with E-state index in [0.717, 1.165) is 26.2 Å². The molecule has 2 atom stereocenters. The largest absolute Gasteiger partial charge is 0.330 e. The highest BCUT2D eigenvalue weighted by atomic mass is 35.5. The summed E-state index contributed by atoms with van der Waals surface area (Å²) in [6, 6.07) is 10.9. The van der Waals surface area contributed by atoms with Crippen LogP contribution in [-0.2, 0) is 13.6 Å². The van der Waals surface area contributed by atoms with Gasteiger partial charge >= 0.3 is 0 Å². The van der Waals surface area contributed by atoms with E-state index in [1.54, 1.807) is 0 Å². The van der Waals surface area contributed by atoms with Crippen molar-refractivity contribution < 1.29 is 0 Å². The Morgan fingerprint density at radius 2 is 1.81 bits per heavy atom. The van der Waals surface area contributed by atoms with Crippen molar-refractivity contribution >= 4 is 12.4 Å². The normalized spacial score (nSPS) is 24.1. The summed E-state index contributed by atoms with van der Waals surface area (Å²) in [5.41, 5.74) is 10.4. The molecule has 0 spiro atoms. The van der Waals surface area contributed by atoms with Crippen LogP contribution in [0.4, 0.5) is 0 Å². The van der Waals surface area contributed by atoms with Crippen LogP contribution in [0, 0.1) is 5.92 Å². The molecule has 1 aliphatic heterocycles. The van der Waals surface area contributed by atoms with Gasteiger partial charge in [-0.05, 0) is 30.9 Å². The minimum atomic E-state index is 0. The van der Waals surface area contributed by atoms with Gasteiger partial charge < -0.3 is 5.73 Å². The third kappa shape index (κ3) is 4.56. The van der Waals surface area contributed by atoms with Gasteiger partial charge in [0.05, 0.1) is 5.69 Å². The topological polar surface area (TPSA) is 47.1 Å². The number of nitrogens with zero attached hydrogens (tertiary/aromatic N) is 3. The molecule has 2 aromatic rings. The van der Waals surface area contributed by atoms with Crippen molar-refractivity contribution in [2.75, 3.05) is 19.6 Å². The van der Waals surface area contributed by atoms with Crippen LogP contribution in [-0.4, -0.2) is 34.3 Å². The lowest BCUT2D eigenvalue weighted by molar-refractivity contribution is 0.313. The number of aryl methyl sites for hydroxylation is 1. The molecule has 2 fully saturated rings. The van der Waals surface area contributed by atoms with Crippen molar-refractivity contribution in [3.05, 3.63) is 53.3 Å². The smallest absolute Gasteiger partial charge is 0.0700 e. The van der Waals surface area contributed by atoms with E-state index in [-0.39, 0.29) is 12.4 Å². The molecule has 0 unspecified atom stereocenters. The molecule has 1 aliphatic carbocycles. The molecule has 2 heterocycles. The molecule has 27 heavy (non-hydrogen) atoms. The standard InChI is InChI=1S/C22H32N4.ClH/c1-25-13-20(22(24-25)18-10-6-3-7-11-18)15-26-14-19(12-23)21(16-26)17-8-4-2-5-9-17;/h2,4-5,8-9,13,18-19,21H,3,6-7,10-12,14-16,23H2,1H3;1H/t19-,21+;/m1./s1. The van der Waals surface area contributed by atoms with Gasteiger partial charge in [0.1, 0.15) is 0 Å². The molecule has 148 valence electrons. The zero-order chi connectivity index (χ0) is 17.9. The molecule has 1 saturated heterocycles. The van der Waals surface area contributed by atoms with E-state index >= 15 is 0 Å². The van der Waals surface area contributed by atoms with Crippen LogP contribution >= 0.6 is 12.4 Å². The Bertz CT molecular complexity index is 708. The van der Waals surface area contributed by atoms with Crippen molar-refractivity contribution in [3.8, 4) is 0 Å². The molecule has 1 saturated carbocycles. The Morgan fingerprint density at radius 1 is 1.07 bits per heavy atom. The van der Waals surface area contributed by atoms with Crippen LogP contribution in [0.15, 0.2) is 36.5 Å². The van der Waals surface area contributed by atoms with Gasteiger partial charge in [-0.15, -0.1) is 12.4 Å². The van der Waals surface area contributed by atoms with E-state index in [0.29, 0.717) is 17.8 Å². The summed E-state index contributed by atoms with van der Waals surface area (Å²) >= 11 is 0. The summed E-state index contributed by atoms with van der Waals surface area (Å²) in [4.78, 5) is 2.60. The molecule has 4 nitrogen and oxygen atoms in total. The highest BCUT2D eigenvalue weighted by molar-refractivity contribution is 5.85. The van der Waals surface area contributed by atoms with Gasteiger partial charge in [-0.2, -0.15) is 5.10 Å². The fraction of sp³-hybridized carbons (Fsp3) is 0.591.